The first-order chi connectivity index (χ1) is 15.3. The molecule has 0 aliphatic carbocycles. The van der Waals surface area contributed by atoms with Gasteiger partial charge in [-0.3, -0.25) is 19.1 Å². The van der Waals surface area contributed by atoms with Crippen molar-refractivity contribution in [1.29, 1.82) is 5.26 Å². The van der Waals surface area contributed by atoms with E-state index in [1.54, 1.807) is 24.3 Å². The first-order valence-corrected chi connectivity index (χ1v) is 10.9. The molecule has 0 saturated heterocycles. The first-order valence-electron chi connectivity index (χ1n) is 10.9. The lowest BCUT2D eigenvalue weighted by molar-refractivity contribution is -0.116. The summed E-state index contributed by atoms with van der Waals surface area (Å²) in [7, 11) is 0. The van der Waals surface area contributed by atoms with Crippen LogP contribution in [0.5, 0.6) is 0 Å². The van der Waals surface area contributed by atoms with Gasteiger partial charge in [0.1, 0.15) is 5.82 Å². The summed E-state index contributed by atoms with van der Waals surface area (Å²) < 4.78 is 3.33. The van der Waals surface area contributed by atoms with Crippen LogP contribution in [-0.2, 0) is 24.3 Å². The van der Waals surface area contributed by atoms with E-state index >= 15 is 0 Å². The normalized spacial score (nSPS) is 11.1. The average Bonchev–Trinajstić information content (AvgIpc) is 3.10. The van der Waals surface area contributed by atoms with Crippen molar-refractivity contribution in [1.82, 2.24) is 19.1 Å². The predicted molar refractivity (Wildman–Crippen MR) is 122 cm³/mol. The number of aryl methyl sites for hydroxylation is 2. The average molecular weight is 437 g/mol. The number of hydrogen-bond acceptors (Lipinski definition) is 5. The van der Waals surface area contributed by atoms with Gasteiger partial charge in [0, 0.05) is 31.6 Å². The molecule has 168 valence electrons. The highest BCUT2D eigenvalue weighted by molar-refractivity contribution is 5.91. The Balaban J connectivity index is 1.91. The highest BCUT2D eigenvalue weighted by Gasteiger charge is 2.19. The van der Waals surface area contributed by atoms with Crippen molar-refractivity contribution in [2.75, 3.05) is 5.32 Å². The van der Waals surface area contributed by atoms with Crippen LogP contribution in [-0.4, -0.2) is 25.0 Å². The van der Waals surface area contributed by atoms with Gasteiger partial charge in [-0.05, 0) is 30.5 Å². The van der Waals surface area contributed by atoms with E-state index in [9.17, 15) is 14.4 Å². The number of nitrogens with one attached hydrogen (secondary N) is 2. The number of rotatable bonds is 9. The fourth-order valence-corrected chi connectivity index (χ4v) is 3.61. The number of nitrogens with zero attached hydrogens (tertiary/aromatic N) is 4. The van der Waals surface area contributed by atoms with Crippen molar-refractivity contribution in [2.24, 2.45) is 5.92 Å². The molecule has 0 bridgehead atoms. The number of aromatic amines is 1. The molecule has 0 atom stereocenters. The van der Waals surface area contributed by atoms with Gasteiger partial charge in [0.05, 0.1) is 11.6 Å². The van der Waals surface area contributed by atoms with Gasteiger partial charge in [0.15, 0.2) is 11.2 Å². The summed E-state index contributed by atoms with van der Waals surface area (Å²) in [6, 6.07) is 8.75. The number of aromatic nitrogens is 4. The molecule has 9 nitrogen and oxygen atoms in total. The van der Waals surface area contributed by atoms with Crippen LogP contribution in [0.15, 0.2) is 33.9 Å². The van der Waals surface area contributed by atoms with Crippen molar-refractivity contribution in [3.8, 4) is 6.07 Å². The highest BCUT2D eigenvalue weighted by atomic mass is 16.2. The Morgan fingerprint density at radius 3 is 2.75 bits per heavy atom. The number of H-pyrrole nitrogens is 1. The number of unbranched alkanes of at least 4 members (excludes halogenated alkanes) is 1. The molecule has 0 aliphatic heterocycles. The molecule has 9 heteroatoms. The zero-order valence-electron chi connectivity index (χ0n) is 18.6. The Bertz CT molecular complexity index is 1280. The standard InChI is InChI=1S/C23H28N6O3/c1-4-5-11-28-21-20(22(31)27-23(28)32)29(14-15(2)3)18(26-21)9-10-19(30)25-17-8-6-7-16(12-17)13-24/h6-8,12,15H,4-5,9-11,14H2,1-3H3,(H,25,30)(H,27,31,32). The lowest BCUT2D eigenvalue weighted by Gasteiger charge is -2.11. The van der Waals surface area contributed by atoms with Gasteiger partial charge in [-0.2, -0.15) is 5.26 Å². The number of carbonyl (C=O) groups is 1. The predicted octanol–water partition coefficient (Wildman–Crippen LogP) is 2.79. The van der Waals surface area contributed by atoms with E-state index in [2.05, 4.69) is 15.3 Å². The summed E-state index contributed by atoms with van der Waals surface area (Å²) >= 11 is 0. The van der Waals surface area contributed by atoms with Crippen molar-refractivity contribution in [3.05, 3.63) is 56.5 Å². The number of benzene rings is 1. The Kier molecular flexibility index (Phi) is 7.25. The second kappa shape index (κ2) is 10.1. The second-order valence-corrected chi connectivity index (χ2v) is 8.21. The highest BCUT2D eigenvalue weighted by Crippen LogP contribution is 2.17. The number of imidazole rings is 1. The molecule has 0 unspecified atom stereocenters. The summed E-state index contributed by atoms with van der Waals surface area (Å²) in [6.45, 7) is 7.11. The number of fused-ring (bicyclic) bond motifs is 1. The van der Waals surface area contributed by atoms with Crippen molar-refractivity contribution >= 4 is 22.8 Å². The van der Waals surface area contributed by atoms with Crippen LogP contribution in [0.3, 0.4) is 0 Å². The number of anilines is 1. The van der Waals surface area contributed by atoms with E-state index < -0.39 is 11.2 Å². The lowest BCUT2D eigenvalue weighted by atomic mass is 10.2. The third kappa shape index (κ3) is 5.14. The number of carbonyl (C=O) groups excluding carboxylic acids is 1. The fraction of sp³-hybridized carbons (Fsp3) is 0.435. The van der Waals surface area contributed by atoms with Crippen LogP contribution in [0.2, 0.25) is 0 Å². The van der Waals surface area contributed by atoms with Crippen molar-refractivity contribution in [2.45, 2.75) is 59.5 Å². The van der Waals surface area contributed by atoms with E-state index in [1.165, 1.54) is 4.57 Å². The molecule has 1 amide bonds. The molecule has 32 heavy (non-hydrogen) atoms. The zero-order valence-corrected chi connectivity index (χ0v) is 18.6. The Morgan fingerprint density at radius 2 is 2.06 bits per heavy atom. The van der Waals surface area contributed by atoms with Gasteiger partial charge < -0.3 is 9.88 Å². The monoisotopic (exact) mass is 436 g/mol. The molecule has 2 N–H and O–H groups in total. The third-order valence-electron chi connectivity index (χ3n) is 5.10. The second-order valence-electron chi connectivity index (χ2n) is 8.21. The van der Waals surface area contributed by atoms with Crippen LogP contribution < -0.4 is 16.6 Å². The van der Waals surface area contributed by atoms with Gasteiger partial charge in [0.2, 0.25) is 5.91 Å². The maximum absolute atomic E-state index is 12.6. The van der Waals surface area contributed by atoms with E-state index in [4.69, 9.17) is 5.26 Å². The molecule has 0 fully saturated rings. The van der Waals surface area contributed by atoms with Gasteiger partial charge in [-0.15, -0.1) is 0 Å². The SMILES string of the molecule is CCCCn1c(=O)[nH]c(=O)c2c1nc(CCC(=O)Nc1cccc(C#N)c1)n2CC(C)C. The fourth-order valence-electron chi connectivity index (χ4n) is 3.61. The molecule has 0 spiro atoms. The van der Waals surface area contributed by atoms with Gasteiger partial charge in [-0.25, -0.2) is 9.78 Å². The minimum absolute atomic E-state index is 0.148. The van der Waals surface area contributed by atoms with E-state index in [1.807, 2.05) is 31.4 Å². The Hall–Kier alpha value is -3.67. The summed E-state index contributed by atoms with van der Waals surface area (Å²) in [5.41, 5.74) is 0.818. The maximum atomic E-state index is 12.6. The molecule has 3 aromatic rings. The van der Waals surface area contributed by atoms with Gasteiger partial charge >= 0.3 is 5.69 Å². The maximum Gasteiger partial charge on any atom is 0.330 e. The van der Waals surface area contributed by atoms with Crippen molar-refractivity contribution < 1.29 is 4.79 Å². The lowest BCUT2D eigenvalue weighted by Crippen LogP contribution is -2.31. The molecular formula is C23H28N6O3. The Labute approximate surface area is 185 Å². The summed E-state index contributed by atoms with van der Waals surface area (Å²) in [6.07, 6.45) is 2.15. The van der Waals surface area contributed by atoms with Crippen LogP contribution in [0.4, 0.5) is 5.69 Å². The summed E-state index contributed by atoms with van der Waals surface area (Å²) in [5, 5.41) is 11.8. The summed E-state index contributed by atoms with van der Waals surface area (Å²) in [4.78, 5) is 44.6. The first kappa shape index (κ1) is 23.0. The molecule has 2 heterocycles. The molecule has 1 aromatic carbocycles. The minimum atomic E-state index is -0.466. The smallest absolute Gasteiger partial charge is 0.326 e. The number of hydrogen-bond donors (Lipinski definition) is 2. The quantitative estimate of drug-likeness (QED) is 0.533. The van der Waals surface area contributed by atoms with Crippen LogP contribution in [0, 0.1) is 17.2 Å². The molecule has 2 aromatic heterocycles. The molecular weight excluding hydrogens is 408 g/mol. The van der Waals surface area contributed by atoms with Gasteiger partial charge in [-0.1, -0.05) is 33.3 Å². The van der Waals surface area contributed by atoms with E-state index in [0.717, 1.165) is 12.8 Å². The number of amides is 1. The number of nitriles is 1. The van der Waals surface area contributed by atoms with E-state index in [-0.39, 0.29) is 18.2 Å². The third-order valence-corrected chi connectivity index (χ3v) is 5.10. The molecule has 0 radical (unpaired) electrons. The van der Waals surface area contributed by atoms with E-state index in [0.29, 0.717) is 47.7 Å². The van der Waals surface area contributed by atoms with Crippen molar-refractivity contribution in [3.63, 3.8) is 0 Å². The van der Waals surface area contributed by atoms with Crippen LogP contribution in [0.25, 0.3) is 11.2 Å². The minimum Gasteiger partial charge on any atom is -0.326 e. The molecule has 0 aliphatic rings. The van der Waals surface area contributed by atoms with Crippen LogP contribution in [0.1, 0.15) is 51.4 Å². The summed E-state index contributed by atoms with van der Waals surface area (Å²) in [5.74, 6) is 0.612. The molecule has 3 rings (SSSR count). The van der Waals surface area contributed by atoms with Gasteiger partial charge in [0.25, 0.3) is 5.56 Å². The molecule has 0 saturated carbocycles. The largest absolute Gasteiger partial charge is 0.330 e. The topological polar surface area (TPSA) is 126 Å². The zero-order chi connectivity index (χ0) is 23.3. The van der Waals surface area contributed by atoms with Crippen LogP contribution >= 0.6 is 0 Å². The Morgan fingerprint density at radius 1 is 1.28 bits per heavy atom.